The van der Waals surface area contributed by atoms with Gasteiger partial charge in [-0.2, -0.15) is 0 Å². The van der Waals surface area contributed by atoms with E-state index >= 15 is 0 Å². The van der Waals surface area contributed by atoms with Crippen LogP contribution < -0.4 is 11.5 Å². The lowest BCUT2D eigenvalue weighted by Crippen LogP contribution is -2.66. The summed E-state index contributed by atoms with van der Waals surface area (Å²) >= 11 is 1.66. The van der Waals surface area contributed by atoms with Crippen molar-refractivity contribution >= 4 is 11.8 Å². The highest BCUT2D eigenvalue weighted by Gasteiger charge is 2.50. The molecular weight excluding hydrogens is 504 g/mol. The quantitative estimate of drug-likeness (QED) is 0.438. The number of rotatable bonds is 11. The van der Waals surface area contributed by atoms with Crippen molar-refractivity contribution in [2.45, 2.75) is 94.4 Å². The molecule has 210 valence electrons. The summed E-state index contributed by atoms with van der Waals surface area (Å²) in [5, 5.41) is 0. The maximum atomic E-state index is 6.69. The third-order valence-electron chi connectivity index (χ3n) is 7.19. The van der Waals surface area contributed by atoms with Gasteiger partial charge in [-0.1, -0.05) is 67.6 Å². The Balaban J connectivity index is 1.54. The first-order valence-corrected chi connectivity index (χ1v) is 14.4. The number of hydrogen-bond donors (Lipinski definition) is 2. The molecule has 2 aliphatic heterocycles. The molecule has 4 N–H and O–H groups in total. The van der Waals surface area contributed by atoms with Gasteiger partial charge < -0.3 is 39.9 Å². The summed E-state index contributed by atoms with van der Waals surface area (Å²) in [5.74, 6) is 0.848. The van der Waals surface area contributed by atoms with Crippen LogP contribution in [0.25, 0.3) is 0 Å². The zero-order valence-corrected chi connectivity index (χ0v) is 23.5. The number of thioether (sulfide) groups is 1. The Bertz CT molecular complexity index is 957. The fraction of sp³-hybridized carbons (Fsp3) is 0.586. The lowest BCUT2D eigenvalue weighted by atomic mass is 9.96. The second-order valence-electron chi connectivity index (χ2n) is 9.85. The predicted octanol–water partition coefficient (Wildman–Crippen LogP) is 3.45. The minimum atomic E-state index is -0.743. The third kappa shape index (κ3) is 7.15. The summed E-state index contributed by atoms with van der Waals surface area (Å²) in [4.78, 5) is 0. The van der Waals surface area contributed by atoms with E-state index in [9.17, 15) is 0 Å². The van der Waals surface area contributed by atoms with E-state index in [2.05, 4.69) is 6.92 Å². The third-order valence-corrected chi connectivity index (χ3v) is 8.23. The Hall–Kier alpha value is -1.53. The summed E-state index contributed by atoms with van der Waals surface area (Å²) in [6, 6.07) is 19.3. The highest BCUT2D eigenvalue weighted by atomic mass is 32.2. The molecule has 0 spiro atoms. The number of ether oxygens (including phenoxy) is 6. The average molecular weight is 547 g/mol. The molecule has 2 aromatic carbocycles. The molecule has 0 unspecified atom stereocenters. The first-order valence-electron chi connectivity index (χ1n) is 13.4. The Labute approximate surface area is 230 Å². The summed E-state index contributed by atoms with van der Waals surface area (Å²) in [5.41, 5.74) is 15.0. The molecule has 2 fully saturated rings. The molecule has 2 heterocycles. The smallest absolute Gasteiger partial charge is 0.187 e. The van der Waals surface area contributed by atoms with Gasteiger partial charge in [0.15, 0.2) is 6.29 Å². The van der Waals surface area contributed by atoms with Gasteiger partial charge >= 0.3 is 0 Å². The summed E-state index contributed by atoms with van der Waals surface area (Å²) in [7, 11) is 1.62. The van der Waals surface area contributed by atoms with Gasteiger partial charge in [-0.05, 0) is 30.7 Å². The molecule has 0 aliphatic carbocycles. The molecule has 10 atom stereocenters. The number of hydrogen-bond acceptors (Lipinski definition) is 9. The molecular formula is C29H42N2O6S. The molecule has 0 amide bonds. The summed E-state index contributed by atoms with van der Waals surface area (Å²) in [6.07, 6.45) is -3.15. The topological polar surface area (TPSA) is 107 Å². The van der Waals surface area contributed by atoms with Crippen LogP contribution in [0.3, 0.4) is 0 Å². The van der Waals surface area contributed by atoms with E-state index in [1.165, 1.54) is 0 Å². The van der Waals surface area contributed by atoms with Crippen LogP contribution >= 0.6 is 11.8 Å². The van der Waals surface area contributed by atoms with E-state index in [-0.39, 0.29) is 29.7 Å². The molecule has 9 heteroatoms. The van der Waals surface area contributed by atoms with Crippen molar-refractivity contribution in [2.24, 2.45) is 11.5 Å². The SMILES string of the molecule is CCS[C@H]1O[C@H](C)[C@@H](N)[C@H](OCc2ccccc2)[C@@H]1O[C@H]1O[C@H](C)[C@@H](N)[C@H](OCc2ccccc2)[C@@H]1OC. The van der Waals surface area contributed by atoms with Crippen LogP contribution in [0.1, 0.15) is 31.9 Å². The van der Waals surface area contributed by atoms with Crippen molar-refractivity contribution in [3.63, 3.8) is 0 Å². The van der Waals surface area contributed by atoms with Gasteiger partial charge in [0, 0.05) is 7.11 Å². The van der Waals surface area contributed by atoms with Gasteiger partial charge in [-0.15, -0.1) is 11.8 Å². The van der Waals surface area contributed by atoms with E-state index in [1.807, 2.05) is 74.5 Å². The van der Waals surface area contributed by atoms with Gasteiger partial charge in [0.05, 0.1) is 37.5 Å². The number of nitrogens with two attached hydrogens (primary N) is 2. The number of methoxy groups -OCH3 is 1. The molecule has 0 saturated carbocycles. The minimum Gasteiger partial charge on any atom is -0.373 e. The normalized spacial score (nSPS) is 35.7. The largest absolute Gasteiger partial charge is 0.373 e. The van der Waals surface area contributed by atoms with Crippen molar-refractivity contribution in [3.05, 3.63) is 71.8 Å². The summed E-state index contributed by atoms with van der Waals surface area (Å²) < 4.78 is 37.9. The van der Waals surface area contributed by atoms with Crippen molar-refractivity contribution < 1.29 is 28.4 Å². The van der Waals surface area contributed by atoms with Crippen LogP contribution in [0, 0.1) is 0 Å². The van der Waals surface area contributed by atoms with E-state index in [0.717, 1.165) is 16.9 Å². The minimum absolute atomic E-state index is 0.195. The summed E-state index contributed by atoms with van der Waals surface area (Å²) in [6.45, 7) is 6.82. The molecule has 8 nitrogen and oxygen atoms in total. The van der Waals surface area contributed by atoms with Gasteiger partial charge in [0.1, 0.15) is 29.9 Å². The fourth-order valence-corrected chi connectivity index (χ4v) is 5.93. The van der Waals surface area contributed by atoms with Gasteiger partial charge in [-0.25, -0.2) is 0 Å². The Morgan fingerprint density at radius 1 is 0.737 bits per heavy atom. The van der Waals surface area contributed by atoms with E-state index < -0.39 is 30.7 Å². The zero-order chi connectivity index (χ0) is 27.1. The molecule has 2 saturated heterocycles. The molecule has 2 aliphatic rings. The molecule has 0 radical (unpaired) electrons. The number of benzene rings is 2. The second kappa shape index (κ2) is 14.2. The predicted molar refractivity (Wildman–Crippen MR) is 148 cm³/mol. The van der Waals surface area contributed by atoms with Crippen molar-refractivity contribution in [3.8, 4) is 0 Å². The van der Waals surface area contributed by atoms with Gasteiger partial charge in [0.25, 0.3) is 0 Å². The Kier molecular flexibility index (Phi) is 11.0. The zero-order valence-electron chi connectivity index (χ0n) is 22.7. The first kappa shape index (κ1) is 29.5. The second-order valence-corrected chi connectivity index (χ2v) is 11.2. The van der Waals surface area contributed by atoms with Crippen molar-refractivity contribution in [1.29, 1.82) is 0 Å². The highest BCUT2D eigenvalue weighted by Crippen LogP contribution is 2.35. The maximum Gasteiger partial charge on any atom is 0.187 e. The molecule has 2 aromatic rings. The van der Waals surface area contributed by atoms with E-state index in [4.69, 9.17) is 39.9 Å². The van der Waals surface area contributed by atoms with E-state index in [1.54, 1.807) is 18.9 Å². The standard InChI is InChI=1S/C29H42N2O6S/c1-5-38-29-27(25(23(31)19(3)36-29)34-17-21-14-10-7-11-15-21)37-28-26(32-4)24(22(30)18(2)35-28)33-16-20-12-8-6-9-13-20/h6-15,18-19,22-29H,5,16-17,30-31H2,1-4H3/t18-,19-,22-,23-,24+,25+,26+,27+,28-,29-/m1/s1. The molecule has 0 bridgehead atoms. The van der Waals surface area contributed by atoms with Crippen LogP contribution in [0.2, 0.25) is 0 Å². The molecule has 4 rings (SSSR count). The van der Waals surface area contributed by atoms with Crippen molar-refractivity contribution in [1.82, 2.24) is 0 Å². The lowest BCUT2D eigenvalue weighted by Gasteiger charge is -2.48. The fourth-order valence-electron chi connectivity index (χ4n) is 4.94. The molecule has 0 aromatic heterocycles. The lowest BCUT2D eigenvalue weighted by molar-refractivity contribution is -0.318. The Morgan fingerprint density at radius 3 is 1.74 bits per heavy atom. The van der Waals surface area contributed by atoms with Crippen LogP contribution in [0.4, 0.5) is 0 Å². The average Bonchev–Trinajstić information content (AvgIpc) is 2.93. The Morgan fingerprint density at radius 2 is 1.24 bits per heavy atom. The van der Waals surface area contributed by atoms with Crippen molar-refractivity contribution in [2.75, 3.05) is 12.9 Å². The van der Waals surface area contributed by atoms with Gasteiger partial charge in [-0.3, -0.25) is 0 Å². The monoisotopic (exact) mass is 546 g/mol. The van der Waals surface area contributed by atoms with Crippen LogP contribution in [-0.4, -0.2) is 73.3 Å². The van der Waals surface area contributed by atoms with Crippen LogP contribution in [0.15, 0.2) is 60.7 Å². The van der Waals surface area contributed by atoms with Crippen LogP contribution in [-0.2, 0) is 41.6 Å². The van der Waals surface area contributed by atoms with E-state index in [0.29, 0.717) is 13.2 Å². The first-order chi connectivity index (χ1) is 18.4. The van der Waals surface area contributed by atoms with Crippen LogP contribution in [0.5, 0.6) is 0 Å². The maximum absolute atomic E-state index is 6.69. The van der Waals surface area contributed by atoms with Gasteiger partial charge in [0.2, 0.25) is 0 Å². The molecule has 38 heavy (non-hydrogen) atoms. The highest BCUT2D eigenvalue weighted by molar-refractivity contribution is 7.99.